The van der Waals surface area contributed by atoms with E-state index in [2.05, 4.69) is 46.4 Å². The van der Waals surface area contributed by atoms with E-state index in [0.717, 1.165) is 77.3 Å². The van der Waals surface area contributed by atoms with E-state index >= 15 is 0 Å². The molecule has 0 saturated heterocycles. The summed E-state index contributed by atoms with van der Waals surface area (Å²) in [5, 5.41) is 45.9. The van der Waals surface area contributed by atoms with Crippen LogP contribution in [0.3, 0.4) is 0 Å². The molecule has 0 radical (unpaired) electrons. The summed E-state index contributed by atoms with van der Waals surface area (Å²) < 4.78 is 25.6. The van der Waals surface area contributed by atoms with Crippen LogP contribution in [0.4, 0.5) is 0 Å². The molecule has 0 amide bonds. The van der Waals surface area contributed by atoms with Crippen molar-refractivity contribution in [3.63, 3.8) is 0 Å². The lowest BCUT2D eigenvalue weighted by Crippen LogP contribution is -2.20. The monoisotopic (exact) mass is 1050 g/mol. The van der Waals surface area contributed by atoms with Gasteiger partial charge in [-0.15, -0.1) is 0 Å². The number of fused-ring (bicyclic) bond motifs is 22. The van der Waals surface area contributed by atoms with Crippen molar-refractivity contribution in [2.24, 2.45) is 0 Å². The average Bonchev–Trinajstić information content (AvgIpc) is 4.24. The SMILES string of the molecule is O=C1CC(c2ccc(O)cc2)Oc2cc(Oc3ccc4c(c3)-c3cc5[nH]c(cc6nc(cc7[nH]c(cc-4n3)c3ccccc73)-c3ccccc3-6)c3cc(Oc4cc(O)c6c(c4)OC(c4ccc(O)cc4)CC6=O)ccc53)cc(O)c21. The maximum atomic E-state index is 13.4. The molecule has 6 N–H and O–H groups in total. The van der Waals surface area contributed by atoms with Crippen LogP contribution in [0.5, 0.6) is 57.5 Å². The van der Waals surface area contributed by atoms with E-state index in [9.17, 15) is 30.0 Å². The lowest BCUT2D eigenvalue weighted by atomic mass is 9.95. The van der Waals surface area contributed by atoms with Crippen molar-refractivity contribution < 1.29 is 49.0 Å². The summed E-state index contributed by atoms with van der Waals surface area (Å²) in [5.74, 6) is 0.848. The molecule has 3 aromatic heterocycles. The van der Waals surface area contributed by atoms with Crippen LogP contribution in [0.1, 0.15) is 56.9 Å². The molecule has 14 nitrogen and oxygen atoms in total. The zero-order chi connectivity index (χ0) is 53.9. The number of ether oxygens (including phenoxy) is 4. The van der Waals surface area contributed by atoms with Crippen LogP contribution < -0.4 is 18.9 Å². The highest BCUT2D eigenvalue weighted by molar-refractivity contribution is 6.11. The topological polar surface area (TPSA) is 209 Å². The summed E-state index contributed by atoms with van der Waals surface area (Å²) in [7, 11) is 0. The average molecular weight is 1050 g/mol. The van der Waals surface area contributed by atoms with Crippen molar-refractivity contribution in [1.82, 2.24) is 19.9 Å². The summed E-state index contributed by atoms with van der Waals surface area (Å²) in [6.07, 6.45) is -1.23. The molecular formula is C66H42N4O10. The number of nitrogens with one attached hydrogen (secondary N) is 2. The number of rotatable bonds is 6. The largest absolute Gasteiger partial charge is 0.508 e. The van der Waals surface area contributed by atoms with Crippen LogP contribution in [0, 0.1) is 0 Å². The molecule has 0 aliphatic carbocycles. The van der Waals surface area contributed by atoms with Gasteiger partial charge in [0.05, 0.1) is 35.6 Å². The molecule has 15 rings (SSSR count). The number of phenolic OH excluding ortho intramolecular Hbond substituents is 4. The Hall–Kier alpha value is -10.9. The third kappa shape index (κ3) is 7.87. The van der Waals surface area contributed by atoms with Crippen LogP contribution in [0.15, 0.2) is 182 Å². The van der Waals surface area contributed by atoms with Crippen molar-refractivity contribution in [3.05, 3.63) is 204 Å². The number of carbonyl (C=O) groups is 2. The van der Waals surface area contributed by atoms with Gasteiger partial charge in [0.1, 0.15) is 80.8 Å². The normalized spacial score (nSPS) is 15.1. The lowest BCUT2D eigenvalue weighted by Gasteiger charge is -2.26. The number of H-pyrrole nitrogens is 2. The minimum atomic E-state index is -0.632. The number of carbonyl (C=O) groups excluding carboxylic acids is 2. The van der Waals surface area contributed by atoms with Gasteiger partial charge in [0.25, 0.3) is 0 Å². The number of phenols is 4. The van der Waals surface area contributed by atoms with E-state index < -0.39 is 12.2 Å². The third-order valence-corrected chi connectivity index (χ3v) is 15.2. The molecule has 8 bridgehead atoms. The fourth-order valence-corrected chi connectivity index (χ4v) is 11.4. The Morgan fingerprint density at radius 2 is 0.812 bits per heavy atom. The Balaban J connectivity index is 0.874. The predicted molar refractivity (Wildman–Crippen MR) is 302 cm³/mol. The standard InChI is InChI=1S/C66H42N4O10/c71-35-13-9-33(10-14-35)61-31-59(75)65-57(73)23-39(25-63(65)79-61)77-37-17-19-45-47(21-37)56-30-54-46-20-18-38(78-40-24-58(74)66-60(76)32-62(80-64(66)26-40)34-11-15-36(72)16-12-34)22-48(46)55(70-54)29-52-44-8-4-3-7-43(44)50(68-52)27-49-41-5-1-2-6-42(41)51(67-49)28-53(45)69-56/h1-30,61-62,67,70-74H,31-32H2. The second-order valence-electron chi connectivity index (χ2n) is 20.2. The number of aromatic hydroxyl groups is 4. The number of Topliss-reactive ketones (excluding diaryl/α,β-unsaturated/α-hetero) is 2. The zero-order valence-corrected chi connectivity index (χ0v) is 42.0. The van der Waals surface area contributed by atoms with Gasteiger partial charge in [-0.1, -0.05) is 72.8 Å². The maximum Gasteiger partial charge on any atom is 0.174 e. The molecule has 0 spiro atoms. The summed E-state index contributed by atoms with van der Waals surface area (Å²) >= 11 is 0. The number of nitrogens with zero attached hydrogens (tertiary/aromatic N) is 2. The second-order valence-corrected chi connectivity index (χ2v) is 20.2. The molecule has 4 aliphatic heterocycles. The van der Waals surface area contributed by atoms with E-state index in [1.807, 2.05) is 72.8 Å². The Bertz CT molecular complexity index is 4660. The summed E-state index contributed by atoms with van der Waals surface area (Å²) in [6.45, 7) is 0. The molecule has 2 atom stereocenters. The smallest absolute Gasteiger partial charge is 0.174 e. The molecule has 0 fully saturated rings. The van der Waals surface area contributed by atoms with Crippen LogP contribution in [0.25, 0.3) is 88.6 Å². The first-order valence-electron chi connectivity index (χ1n) is 25.9. The minimum absolute atomic E-state index is 0.0146. The number of aromatic nitrogens is 4. The van der Waals surface area contributed by atoms with E-state index in [0.29, 0.717) is 34.0 Å². The number of ketones is 2. The van der Waals surface area contributed by atoms with Gasteiger partial charge in [-0.3, -0.25) is 9.59 Å². The summed E-state index contributed by atoms with van der Waals surface area (Å²) in [5.41, 5.74) is 11.2. The molecule has 2 unspecified atom stereocenters. The molecular weight excluding hydrogens is 1010 g/mol. The van der Waals surface area contributed by atoms with Crippen LogP contribution in [-0.2, 0) is 0 Å². The van der Waals surface area contributed by atoms with Gasteiger partial charge in [-0.05, 0) is 96.1 Å². The molecule has 14 heteroatoms. The van der Waals surface area contributed by atoms with Gasteiger partial charge in [0.15, 0.2) is 11.6 Å². The van der Waals surface area contributed by atoms with Crippen molar-refractivity contribution >= 4 is 55.2 Å². The number of hydrogen-bond acceptors (Lipinski definition) is 12. The van der Waals surface area contributed by atoms with Gasteiger partial charge < -0.3 is 49.3 Å². The fourth-order valence-electron chi connectivity index (χ4n) is 11.4. The Morgan fingerprint density at radius 3 is 1.31 bits per heavy atom. The third-order valence-electron chi connectivity index (χ3n) is 15.2. The van der Waals surface area contributed by atoms with Crippen LogP contribution in [0.2, 0.25) is 0 Å². The van der Waals surface area contributed by atoms with E-state index in [4.69, 9.17) is 28.9 Å². The zero-order valence-electron chi connectivity index (χ0n) is 42.0. The first-order valence-corrected chi connectivity index (χ1v) is 25.9. The number of aromatic amines is 2. The quantitative estimate of drug-likeness (QED) is 0.0919. The van der Waals surface area contributed by atoms with Gasteiger partial charge >= 0.3 is 0 Å². The van der Waals surface area contributed by atoms with E-state index in [1.165, 1.54) is 36.4 Å². The van der Waals surface area contributed by atoms with Gasteiger partial charge in [-0.25, -0.2) is 9.97 Å². The van der Waals surface area contributed by atoms with E-state index in [1.54, 1.807) is 36.4 Å². The number of benzene rings is 8. The molecule has 11 aromatic rings. The molecule has 0 saturated carbocycles. The first kappa shape index (κ1) is 46.4. The molecule has 80 heavy (non-hydrogen) atoms. The van der Waals surface area contributed by atoms with Crippen molar-refractivity contribution in [2.45, 2.75) is 25.0 Å². The molecule has 8 aromatic carbocycles. The van der Waals surface area contributed by atoms with Crippen molar-refractivity contribution in [2.75, 3.05) is 0 Å². The van der Waals surface area contributed by atoms with Gasteiger partial charge in [0, 0.05) is 90.1 Å². The highest BCUT2D eigenvalue weighted by Gasteiger charge is 2.33. The highest BCUT2D eigenvalue weighted by Crippen LogP contribution is 2.47. The van der Waals surface area contributed by atoms with Crippen LogP contribution in [-0.4, -0.2) is 51.9 Å². The lowest BCUT2D eigenvalue weighted by molar-refractivity contribution is 0.0834. The highest BCUT2D eigenvalue weighted by atomic mass is 16.5. The van der Waals surface area contributed by atoms with Crippen molar-refractivity contribution in [1.29, 1.82) is 0 Å². The maximum absolute atomic E-state index is 13.4. The van der Waals surface area contributed by atoms with E-state index in [-0.39, 0.29) is 81.5 Å². The van der Waals surface area contributed by atoms with Crippen LogP contribution >= 0.6 is 0 Å². The predicted octanol–water partition coefficient (Wildman–Crippen LogP) is 15.1. The van der Waals surface area contributed by atoms with Gasteiger partial charge in [0.2, 0.25) is 0 Å². The second kappa shape index (κ2) is 17.9. The van der Waals surface area contributed by atoms with Crippen molar-refractivity contribution in [3.8, 4) is 103 Å². The Kier molecular flexibility index (Phi) is 10.4. The summed E-state index contributed by atoms with van der Waals surface area (Å²) in [4.78, 5) is 44.8. The molecule has 7 heterocycles. The minimum Gasteiger partial charge on any atom is -0.508 e. The fraction of sp³-hybridized carbons (Fsp3) is 0.0606. The molecule has 386 valence electrons. The molecule has 4 aliphatic rings. The first-order chi connectivity index (χ1) is 39.0. The van der Waals surface area contributed by atoms with Gasteiger partial charge in [-0.2, -0.15) is 0 Å². The Labute approximate surface area is 454 Å². The number of hydrogen-bond donors (Lipinski definition) is 6. The Morgan fingerprint density at radius 1 is 0.400 bits per heavy atom. The summed E-state index contributed by atoms with van der Waals surface area (Å²) in [6, 6.07) is 54.9.